The van der Waals surface area contributed by atoms with Crippen molar-refractivity contribution in [1.29, 1.82) is 0 Å². The van der Waals surface area contributed by atoms with Crippen LogP contribution < -0.4 is 0 Å². The molecule has 148 valence electrons. The molecule has 1 saturated heterocycles. The number of hydrogen-bond donors (Lipinski definition) is 0. The van der Waals surface area contributed by atoms with Crippen LogP contribution in [0.15, 0.2) is 30.3 Å². The molecule has 7 heteroatoms. The summed E-state index contributed by atoms with van der Waals surface area (Å²) < 4.78 is 4.80. The number of rotatable bonds is 8. The summed E-state index contributed by atoms with van der Waals surface area (Å²) in [6.45, 7) is 5.05. The second-order valence-corrected chi connectivity index (χ2v) is 7.34. The smallest absolute Gasteiger partial charge is 0.328 e. The van der Waals surface area contributed by atoms with Gasteiger partial charge in [-0.15, -0.1) is 0 Å². The third kappa shape index (κ3) is 5.29. The van der Waals surface area contributed by atoms with E-state index in [4.69, 9.17) is 4.74 Å². The van der Waals surface area contributed by atoms with E-state index in [9.17, 15) is 14.4 Å². The molecule has 1 aromatic carbocycles. The van der Waals surface area contributed by atoms with Crippen molar-refractivity contribution in [3.05, 3.63) is 35.9 Å². The number of carbonyl (C=O) groups is 3. The number of esters is 1. The summed E-state index contributed by atoms with van der Waals surface area (Å²) in [5.41, 5.74) is 1.16. The van der Waals surface area contributed by atoms with Gasteiger partial charge in [-0.25, -0.2) is 4.79 Å². The molecule has 0 aromatic heterocycles. The van der Waals surface area contributed by atoms with E-state index in [1.54, 1.807) is 14.1 Å². The van der Waals surface area contributed by atoms with Crippen LogP contribution in [0.4, 0.5) is 0 Å². The zero-order valence-electron chi connectivity index (χ0n) is 16.7. The van der Waals surface area contributed by atoms with Crippen LogP contribution in [0, 0.1) is 5.92 Å². The predicted octanol–water partition coefficient (Wildman–Crippen LogP) is 0.985. The third-order valence-corrected chi connectivity index (χ3v) is 4.86. The first kappa shape index (κ1) is 20.9. The number of amides is 2. The molecule has 2 amide bonds. The van der Waals surface area contributed by atoms with E-state index in [1.807, 2.05) is 44.2 Å². The van der Waals surface area contributed by atoms with E-state index in [1.165, 1.54) is 16.9 Å². The molecule has 0 N–H and O–H groups in total. The Bertz CT molecular complexity index is 677. The van der Waals surface area contributed by atoms with Crippen molar-refractivity contribution in [3.63, 3.8) is 0 Å². The Balaban J connectivity index is 1.88. The van der Waals surface area contributed by atoms with Crippen LogP contribution in [0.5, 0.6) is 0 Å². The van der Waals surface area contributed by atoms with Crippen LogP contribution >= 0.6 is 0 Å². The van der Waals surface area contributed by atoms with Crippen molar-refractivity contribution in [1.82, 2.24) is 14.7 Å². The van der Waals surface area contributed by atoms with Crippen LogP contribution in [-0.4, -0.2) is 78.9 Å². The fourth-order valence-electron chi connectivity index (χ4n) is 3.20. The topological polar surface area (TPSA) is 69.9 Å². The summed E-state index contributed by atoms with van der Waals surface area (Å²) >= 11 is 0. The average Bonchev–Trinajstić information content (AvgIpc) is 3.40. The van der Waals surface area contributed by atoms with E-state index < -0.39 is 12.0 Å². The maximum atomic E-state index is 12.6. The zero-order chi connectivity index (χ0) is 20.1. The predicted molar refractivity (Wildman–Crippen MR) is 102 cm³/mol. The number of hydrogen-bond acceptors (Lipinski definition) is 5. The van der Waals surface area contributed by atoms with Crippen molar-refractivity contribution in [2.75, 3.05) is 34.3 Å². The summed E-state index contributed by atoms with van der Waals surface area (Å²) in [5.74, 6) is -0.902. The summed E-state index contributed by atoms with van der Waals surface area (Å²) in [5, 5.41) is 0. The zero-order valence-corrected chi connectivity index (χ0v) is 16.7. The van der Waals surface area contributed by atoms with Gasteiger partial charge in [-0.2, -0.15) is 0 Å². The van der Waals surface area contributed by atoms with Crippen LogP contribution in [0.1, 0.15) is 19.4 Å². The first-order chi connectivity index (χ1) is 12.8. The molecule has 0 saturated carbocycles. The molecule has 0 radical (unpaired) electrons. The second-order valence-electron chi connectivity index (χ2n) is 7.34. The number of likely N-dealkylation sites (N-methyl/N-ethyl adjacent to an activating group) is 2. The highest BCUT2D eigenvalue weighted by atomic mass is 16.5. The van der Waals surface area contributed by atoms with Gasteiger partial charge in [0.15, 0.2) is 0 Å². The second kappa shape index (κ2) is 8.99. The lowest BCUT2D eigenvalue weighted by Gasteiger charge is -2.30. The van der Waals surface area contributed by atoms with Gasteiger partial charge in [-0.3, -0.25) is 14.5 Å². The van der Waals surface area contributed by atoms with E-state index in [2.05, 4.69) is 4.90 Å². The van der Waals surface area contributed by atoms with Gasteiger partial charge >= 0.3 is 5.97 Å². The van der Waals surface area contributed by atoms with Crippen LogP contribution in [-0.2, 0) is 25.7 Å². The largest absolute Gasteiger partial charge is 0.467 e. The summed E-state index contributed by atoms with van der Waals surface area (Å²) in [6, 6.07) is 9.12. The lowest BCUT2D eigenvalue weighted by molar-refractivity contribution is -0.154. The van der Waals surface area contributed by atoms with E-state index in [0.717, 1.165) is 12.1 Å². The standard InChI is InChI=1S/C20H29N3O4/c1-14(2)18(20(26)27-5)22(4)17(24)13-21(3)19(25)16-12-23(16)11-15-9-7-6-8-10-15/h6-10,14,16,18H,11-13H2,1-5H3/t16-,18?,23?/m0/s1. The lowest BCUT2D eigenvalue weighted by atomic mass is 10.0. The number of methoxy groups -OCH3 is 1. The number of ether oxygens (including phenoxy) is 1. The summed E-state index contributed by atoms with van der Waals surface area (Å²) in [7, 11) is 4.50. The highest BCUT2D eigenvalue weighted by molar-refractivity contribution is 5.90. The monoisotopic (exact) mass is 375 g/mol. The first-order valence-corrected chi connectivity index (χ1v) is 9.12. The molecule has 1 fully saturated rings. The number of nitrogens with zero attached hydrogens (tertiary/aromatic N) is 3. The highest BCUT2D eigenvalue weighted by Gasteiger charge is 2.42. The molecule has 27 heavy (non-hydrogen) atoms. The average molecular weight is 375 g/mol. The van der Waals surface area contributed by atoms with Gasteiger partial charge in [-0.05, 0) is 11.5 Å². The van der Waals surface area contributed by atoms with Gasteiger partial charge in [-0.1, -0.05) is 44.2 Å². The molecule has 3 atom stereocenters. The van der Waals surface area contributed by atoms with Crippen molar-refractivity contribution >= 4 is 17.8 Å². The Hall–Kier alpha value is -2.41. The minimum atomic E-state index is -0.665. The van der Waals surface area contributed by atoms with Gasteiger partial charge < -0.3 is 14.5 Å². The fourth-order valence-corrected chi connectivity index (χ4v) is 3.20. The molecular weight excluding hydrogens is 346 g/mol. The Morgan fingerprint density at radius 2 is 1.81 bits per heavy atom. The van der Waals surface area contributed by atoms with Gasteiger partial charge in [0, 0.05) is 27.2 Å². The van der Waals surface area contributed by atoms with Gasteiger partial charge in [0.25, 0.3) is 0 Å². The molecule has 0 bridgehead atoms. The molecule has 2 unspecified atom stereocenters. The minimum absolute atomic E-state index is 0.0643. The first-order valence-electron chi connectivity index (χ1n) is 9.12. The van der Waals surface area contributed by atoms with Crippen molar-refractivity contribution in [2.24, 2.45) is 5.92 Å². The maximum absolute atomic E-state index is 12.6. The Kier molecular flexibility index (Phi) is 6.96. The maximum Gasteiger partial charge on any atom is 0.328 e. The van der Waals surface area contributed by atoms with E-state index in [-0.39, 0.29) is 30.3 Å². The van der Waals surface area contributed by atoms with E-state index in [0.29, 0.717) is 6.54 Å². The van der Waals surface area contributed by atoms with Crippen LogP contribution in [0.2, 0.25) is 0 Å². The molecule has 1 aromatic rings. The molecule has 1 aliphatic heterocycles. The molecule has 0 spiro atoms. The lowest BCUT2D eigenvalue weighted by Crippen LogP contribution is -2.50. The molecule has 1 aliphatic rings. The van der Waals surface area contributed by atoms with Crippen LogP contribution in [0.3, 0.4) is 0 Å². The highest BCUT2D eigenvalue weighted by Crippen LogP contribution is 2.23. The van der Waals surface area contributed by atoms with Gasteiger partial charge in [0.2, 0.25) is 11.8 Å². The van der Waals surface area contributed by atoms with Crippen LogP contribution in [0.25, 0.3) is 0 Å². The molecule has 0 aliphatic carbocycles. The molecular formula is C20H29N3O4. The molecule has 2 rings (SSSR count). The molecule has 1 heterocycles. The van der Waals surface area contributed by atoms with Crippen molar-refractivity contribution in [3.8, 4) is 0 Å². The normalized spacial score (nSPS) is 19.3. The quantitative estimate of drug-likeness (QED) is 0.501. The van der Waals surface area contributed by atoms with Gasteiger partial charge in [0.1, 0.15) is 12.1 Å². The van der Waals surface area contributed by atoms with Crippen molar-refractivity contribution < 1.29 is 19.1 Å². The Labute approximate surface area is 160 Å². The minimum Gasteiger partial charge on any atom is -0.467 e. The SMILES string of the molecule is COC(=O)C(C(C)C)N(C)C(=O)CN(C)C(=O)[C@@H]1CN1Cc1ccccc1. The number of benzene rings is 1. The summed E-state index contributed by atoms with van der Waals surface area (Å²) in [4.78, 5) is 41.9. The third-order valence-electron chi connectivity index (χ3n) is 4.86. The molecule has 7 nitrogen and oxygen atoms in total. The summed E-state index contributed by atoms with van der Waals surface area (Å²) in [6.07, 6.45) is 0. The Morgan fingerprint density at radius 3 is 2.37 bits per heavy atom. The van der Waals surface area contributed by atoms with Gasteiger partial charge in [0.05, 0.1) is 13.7 Å². The van der Waals surface area contributed by atoms with E-state index >= 15 is 0 Å². The number of carbonyl (C=O) groups excluding carboxylic acids is 3. The van der Waals surface area contributed by atoms with Crippen molar-refractivity contribution in [2.45, 2.75) is 32.5 Å². The Morgan fingerprint density at radius 1 is 1.19 bits per heavy atom. The fraction of sp³-hybridized carbons (Fsp3) is 0.550.